The van der Waals surface area contributed by atoms with E-state index in [0.29, 0.717) is 5.65 Å². The molecular formula is C21H17N5O. The minimum atomic E-state index is 0.683. The Morgan fingerprint density at radius 1 is 0.889 bits per heavy atom. The van der Waals surface area contributed by atoms with Crippen molar-refractivity contribution in [1.29, 1.82) is 0 Å². The maximum Gasteiger partial charge on any atom is 0.183 e. The first-order valence-corrected chi connectivity index (χ1v) is 8.68. The number of rotatable bonds is 3. The summed E-state index contributed by atoms with van der Waals surface area (Å²) < 4.78 is 9.01. The number of aryl methyl sites for hydroxylation is 1. The second-order valence-electron chi connectivity index (χ2n) is 6.38. The molecule has 0 saturated carbocycles. The Hall–Kier alpha value is -3.67. The van der Waals surface area contributed by atoms with Gasteiger partial charge in [0.15, 0.2) is 11.3 Å². The van der Waals surface area contributed by atoms with E-state index in [1.54, 1.807) is 7.11 Å². The zero-order chi connectivity index (χ0) is 18.4. The topological polar surface area (TPSA) is 57.8 Å². The van der Waals surface area contributed by atoms with E-state index in [0.717, 1.165) is 39.2 Å². The van der Waals surface area contributed by atoms with Gasteiger partial charge in [0.2, 0.25) is 0 Å². The van der Waals surface area contributed by atoms with Crippen LogP contribution in [0.2, 0.25) is 0 Å². The Balaban J connectivity index is 1.70. The fourth-order valence-corrected chi connectivity index (χ4v) is 3.26. The molecule has 27 heavy (non-hydrogen) atoms. The van der Waals surface area contributed by atoms with E-state index in [-0.39, 0.29) is 0 Å². The summed E-state index contributed by atoms with van der Waals surface area (Å²) in [4.78, 5) is 4.80. The lowest BCUT2D eigenvalue weighted by molar-refractivity contribution is 0.414. The number of methoxy groups -OCH3 is 1. The molecule has 0 N–H and O–H groups in total. The highest BCUT2D eigenvalue weighted by Crippen LogP contribution is 2.25. The van der Waals surface area contributed by atoms with Crippen LogP contribution in [0.3, 0.4) is 0 Å². The van der Waals surface area contributed by atoms with Gasteiger partial charge in [0, 0.05) is 23.0 Å². The molecule has 5 aromatic rings. The summed E-state index contributed by atoms with van der Waals surface area (Å²) in [7, 11) is 1.66. The monoisotopic (exact) mass is 355 g/mol. The Morgan fingerprint density at radius 3 is 2.52 bits per heavy atom. The van der Waals surface area contributed by atoms with Crippen molar-refractivity contribution in [3.8, 4) is 17.1 Å². The third-order valence-electron chi connectivity index (χ3n) is 4.63. The van der Waals surface area contributed by atoms with Crippen molar-refractivity contribution < 1.29 is 4.74 Å². The molecule has 0 aliphatic heterocycles. The van der Waals surface area contributed by atoms with Crippen molar-refractivity contribution in [3.05, 3.63) is 72.6 Å². The fourth-order valence-electron chi connectivity index (χ4n) is 3.26. The zero-order valence-corrected chi connectivity index (χ0v) is 15.0. The maximum atomic E-state index is 5.31. The molecule has 5 rings (SSSR count). The number of hydrogen-bond acceptors (Lipinski definition) is 4. The highest BCUT2D eigenvalue weighted by Gasteiger charge is 2.14. The molecule has 6 heteroatoms. The number of hydrogen-bond donors (Lipinski definition) is 0. The van der Waals surface area contributed by atoms with E-state index in [4.69, 9.17) is 9.72 Å². The van der Waals surface area contributed by atoms with Crippen molar-refractivity contribution in [1.82, 2.24) is 24.5 Å². The Morgan fingerprint density at radius 2 is 1.70 bits per heavy atom. The van der Waals surface area contributed by atoms with Gasteiger partial charge < -0.3 is 4.74 Å². The number of pyridine rings is 1. The van der Waals surface area contributed by atoms with E-state index >= 15 is 0 Å². The molecule has 6 nitrogen and oxygen atoms in total. The lowest BCUT2D eigenvalue weighted by Crippen LogP contribution is -1.98. The number of ether oxygens (including phenoxy) is 1. The zero-order valence-electron chi connectivity index (χ0n) is 15.0. The summed E-state index contributed by atoms with van der Waals surface area (Å²) in [5.74, 6) is 0.792. The van der Waals surface area contributed by atoms with Gasteiger partial charge in [-0.3, -0.25) is 0 Å². The molecule has 3 aromatic heterocycles. The minimum absolute atomic E-state index is 0.683. The first-order valence-electron chi connectivity index (χ1n) is 8.68. The maximum absolute atomic E-state index is 5.31. The van der Waals surface area contributed by atoms with Gasteiger partial charge in [-0.2, -0.15) is 5.10 Å². The second-order valence-corrected chi connectivity index (χ2v) is 6.38. The second kappa shape index (κ2) is 5.95. The molecule has 3 heterocycles. The Kier molecular flexibility index (Phi) is 3.43. The average Bonchev–Trinajstić information content (AvgIpc) is 3.28. The minimum Gasteiger partial charge on any atom is -0.497 e. The number of nitrogens with zero attached hydrogens (tertiary/aromatic N) is 5. The molecule has 0 aliphatic rings. The number of benzene rings is 2. The van der Waals surface area contributed by atoms with Crippen molar-refractivity contribution in [3.63, 3.8) is 0 Å². The largest absolute Gasteiger partial charge is 0.497 e. The van der Waals surface area contributed by atoms with Crippen LogP contribution in [0, 0.1) is 6.92 Å². The molecule has 0 saturated heterocycles. The lowest BCUT2D eigenvalue weighted by Gasteiger charge is -2.03. The normalized spacial score (nSPS) is 11.3. The van der Waals surface area contributed by atoms with Gasteiger partial charge in [-0.05, 0) is 37.3 Å². The SMILES string of the molecule is COc1cccc(-n2cc3cc4c(C)nn(-c5ccccc5)c4nc3n2)c1. The molecule has 0 radical (unpaired) electrons. The van der Waals surface area contributed by atoms with Crippen molar-refractivity contribution in [2.75, 3.05) is 7.11 Å². The number of aromatic nitrogens is 5. The van der Waals surface area contributed by atoms with E-state index in [1.807, 2.05) is 77.1 Å². The van der Waals surface area contributed by atoms with Crippen LogP contribution >= 0.6 is 0 Å². The third kappa shape index (κ3) is 2.54. The highest BCUT2D eigenvalue weighted by atomic mass is 16.5. The highest BCUT2D eigenvalue weighted by molar-refractivity contribution is 5.91. The molecule has 0 spiro atoms. The smallest absolute Gasteiger partial charge is 0.183 e. The summed E-state index contributed by atoms with van der Waals surface area (Å²) in [5.41, 5.74) is 4.34. The summed E-state index contributed by atoms with van der Waals surface area (Å²) in [6.45, 7) is 2.00. The molecule has 2 aromatic carbocycles. The van der Waals surface area contributed by atoms with Gasteiger partial charge in [-0.15, -0.1) is 5.10 Å². The summed E-state index contributed by atoms with van der Waals surface area (Å²) in [6, 6.07) is 19.9. The van der Waals surface area contributed by atoms with Gasteiger partial charge in [-0.1, -0.05) is 24.3 Å². The van der Waals surface area contributed by atoms with Crippen LogP contribution in [0.5, 0.6) is 5.75 Å². The van der Waals surface area contributed by atoms with Crippen molar-refractivity contribution in [2.45, 2.75) is 6.92 Å². The van der Waals surface area contributed by atoms with Gasteiger partial charge >= 0.3 is 0 Å². The van der Waals surface area contributed by atoms with Crippen LogP contribution in [-0.2, 0) is 0 Å². The van der Waals surface area contributed by atoms with E-state index in [2.05, 4.69) is 16.3 Å². The van der Waals surface area contributed by atoms with Crippen LogP contribution < -0.4 is 4.74 Å². The van der Waals surface area contributed by atoms with Crippen LogP contribution in [0.1, 0.15) is 5.69 Å². The number of para-hydroxylation sites is 1. The number of fused-ring (bicyclic) bond motifs is 2. The molecule has 0 aliphatic carbocycles. The molecule has 0 unspecified atom stereocenters. The molecule has 0 bridgehead atoms. The van der Waals surface area contributed by atoms with Gasteiger partial charge in [0.25, 0.3) is 0 Å². The summed E-state index contributed by atoms with van der Waals surface area (Å²) in [6.07, 6.45) is 1.98. The Bertz CT molecular complexity index is 1270. The van der Waals surface area contributed by atoms with Crippen molar-refractivity contribution >= 4 is 22.1 Å². The predicted octanol–water partition coefficient (Wildman–Crippen LogP) is 4.08. The first kappa shape index (κ1) is 15.6. The Labute approximate surface area is 155 Å². The van der Waals surface area contributed by atoms with Crippen molar-refractivity contribution in [2.24, 2.45) is 0 Å². The predicted molar refractivity (Wildman–Crippen MR) is 105 cm³/mol. The lowest BCUT2D eigenvalue weighted by atomic mass is 10.2. The summed E-state index contributed by atoms with van der Waals surface area (Å²) in [5, 5.41) is 11.3. The van der Waals surface area contributed by atoms with Gasteiger partial charge in [-0.25, -0.2) is 14.3 Å². The standard InChI is InChI=1S/C21H17N5O/c1-14-19-11-15-13-25(17-9-6-10-18(12-17)27-2)24-20(15)22-21(19)26(23-14)16-7-4-3-5-8-16/h3-13H,1-2H3. The van der Waals surface area contributed by atoms with Crippen LogP contribution in [0.25, 0.3) is 33.4 Å². The molecule has 132 valence electrons. The average molecular weight is 355 g/mol. The van der Waals surface area contributed by atoms with E-state index in [9.17, 15) is 0 Å². The van der Waals surface area contributed by atoms with Gasteiger partial charge in [0.05, 0.1) is 24.2 Å². The molecular weight excluding hydrogens is 338 g/mol. The van der Waals surface area contributed by atoms with Gasteiger partial charge in [0.1, 0.15) is 5.75 Å². The quantitative estimate of drug-likeness (QED) is 0.489. The fraction of sp³-hybridized carbons (Fsp3) is 0.0952. The summed E-state index contributed by atoms with van der Waals surface area (Å²) >= 11 is 0. The molecule has 0 fully saturated rings. The van der Waals surface area contributed by atoms with E-state index < -0.39 is 0 Å². The van der Waals surface area contributed by atoms with Crippen LogP contribution in [0.15, 0.2) is 66.9 Å². The molecule has 0 atom stereocenters. The third-order valence-corrected chi connectivity index (χ3v) is 4.63. The molecule has 0 amide bonds. The van der Waals surface area contributed by atoms with E-state index in [1.165, 1.54) is 0 Å². The van der Waals surface area contributed by atoms with Crippen LogP contribution in [0.4, 0.5) is 0 Å². The van der Waals surface area contributed by atoms with Crippen LogP contribution in [-0.4, -0.2) is 31.7 Å². The first-order chi connectivity index (χ1) is 13.2.